The molecule has 9 nitrogen and oxygen atoms in total. The summed E-state index contributed by atoms with van der Waals surface area (Å²) in [5, 5.41) is 8.35. The lowest BCUT2D eigenvalue weighted by Gasteiger charge is -2.14. The van der Waals surface area contributed by atoms with E-state index in [1.54, 1.807) is 36.4 Å². The van der Waals surface area contributed by atoms with E-state index in [-0.39, 0.29) is 31.1 Å². The largest absolute Gasteiger partial charge is 0.336 e. The van der Waals surface area contributed by atoms with Gasteiger partial charge >= 0.3 is 11.7 Å². The predicted molar refractivity (Wildman–Crippen MR) is 125 cm³/mol. The molecule has 1 aliphatic rings. The zero-order valence-corrected chi connectivity index (χ0v) is 18.8. The van der Waals surface area contributed by atoms with Gasteiger partial charge < -0.3 is 10.6 Å². The van der Waals surface area contributed by atoms with Gasteiger partial charge in [0.15, 0.2) is 0 Å². The van der Waals surface area contributed by atoms with Crippen molar-refractivity contribution in [3.8, 4) is 0 Å². The Bertz CT molecular complexity index is 1300. The molecule has 3 N–H and O–H groups in total. The summed E-state index contributed by atoms with van der Waals surface area (Å²) in [4.78, 5) is 49.8. The molecule has 172 valence electrons. The Hall–Kier alpha value is -3.59. The third kappa shape index (κ3) is 4.78. The monoisotopic (exact) mass is 469 g/mol. The van der Waals surface area contributed by atoms with Crippen molar-refractivity contribution in [1.82, 2.24) is 19.8 Å². The number of nitrogens with one attached hydrogen (secondary N) is 3. The molecule has 1 fully saturated rings. The summed E-state index contributed by atoms with van der Waals surface area (Å²) in [7, 11) is 0. The predicted octanol–water partition coefficient (Wildman–Crippen LogP) is 2.95. The van der Waals surface area contributed by atoms with Crippen LogP contribution in [-0.4, -0.2) is 33.5 Å². The number of amides is 4. The number of urea groups is 1. The number of carbonyl (C=O) groups is 3. The molecule has 0 aliphatic carbocycles. The molecular weight excluding hydrogens is 446 g/mol. The van der Waals surface area contributed by atoms with Crippen molar-refractivity contribution < 1.29 is 14.4 Å². The minimum atomic E-state index is -0.766. The fourth-order valence-corrected chi connectivity index (χ4v) is 4.17. The van der Waals surface area contributed by atoms with Crippen LogP contribution in [0.2, 0.25) is 5.02 Å². The van der Waals surface area contributed by atoms with Crippen molar-refractivity contribution in [2.45, 2.75) is 38.8 Å². The van der Waals surface area contributed by atoms with Gasteiger partial charge in [-0.1, -0.05) is 29.8 Å². The second-order valence-electron chi connectivity index (χ2n) is 7.96. The van der Waals surface area contributed by atoms with Crippen molar-refractivity contribution >= 4 is 46.2 Å². The van der Waals surface area contributed by atoms with Gasteiger partial charge in [0.25, 0.3) is 0 Å². The van der Waals surface area contributed by atoms with Gasteiger partial charge in [-0.25, -0.2) is 9.59 Å². The van der Waals surface area contributed by atoms with Crippen molar-refractivity contribution in [3.05, 3.63) is 63.5 Å². The normalized spacial score (nSPS) is 16.4. The van der Waals surface area contributed by atoms with Crippen LogP contribution in [0.5, 0.6) is 0 Å². The number of anilines is 1. The van der Waals surface area contributed by atoms with Crippen LogP contribution in [0.15, 0.2) is 47.3 Å². The summed E-state index contributed by atoms with van der Waals surface area (Å²) < 4.78 is 2.97. The van der Waals surface area contributed by atoms with Crippen LogP contribution in [0.1, 0.15) is 30.9 Å². The average Bonchev–Trinajstić information content (AvgIpc) is 2.93. The topological polar surface area (TPSA) is 114 Å². The summed E-state index contributed by atoms with van der Waals surface area (Å²) in [6.07, 6.45) is 1.16. The molecule has 2 heterocycles. The van der Waals surface area contributed by atoms with Gasteiger partial charge in [-0.15, -0.1) is 0 Å². The molecule has 0 spiro atoms. The van der Waals surface area contributed by atoms with E-state index in [1.165, 1.54) is 9.13 Å². The van der Waals surface area contributed by atoms with E-state index < -0.39 is 18.0 Å². The first-order valence-electron chi connectivity index (χ1n) is 10.7. The molecule has 1 aliphatic heterocycles. The number of aryl methyl sites for hydroxylation is 1. The highest BCUT2D eigenvalue weighted by Crippen LogP contribution is 2.23. The Balaban J connectivity index is 1.51. The molecule has 1 aromatic heterocycles. The van der Waals surface area contributed by atoms with Gasteiger partial charge in [-0.3, -0.25) is 24.0 Å². The number of imidazole rings is 1. The van der Waals surface area contributed by atoms with E-state index >= 15 is 0 Å². The lowest BCUT2D eigenvalue weighted by atomic mass is 10.1. The number of para-hydroxylation sites is 2. The van der Waals surface area contributed by atoms with Crippen LogP contribution in [0.3, 0.4) is 0 Å². The van der Waals surface area contributed by atoms with Gasteiger partial charge in [-0.2, -0.15) is 0 Å². The number of fused-ring (bicyclic) bond motifs is 1. The zero-order valence-electron chi connectivity index (χ0n) is 18.1. The molecule has 0 bridgehead atoms. The minimum Gasteiger partial charge on any atom is -0.336 e. The van der Waals surface area contributed by atoms with Gasteiger partial charge in [0.05, 0.1) is 11.0 Å². The molecular formula is C23H24ClN5O4. The van der Waals surface area contributed by atoms with E-state index in [1.807, 2.05) is 13.0 Å². The van der Waals surface area contributed by atoms with E-state index in [0.29, 0.717) is 34.6 Å². The SMILES string of the molecule is Cc1ccc(NC(=O)NCCn2c(=O)n(C3CCCC(=O)NC3=O)c3ccccc32)cc1Cl. The first kappa shape index (κ1) is 22.6. The highest BCUT2D eigenvalue weighted by atomic mass is 35.5. The Morgan fingerprint density at radius 1 is 1.15 bits per heavy atom. The van der Waals surface area contributed by atoms with E-state index in [9.17, 15) is 19.2 Å². The van der Waals surface area contributed by atoms with E-state index in [0.717, 1.165) is 5.56 Å². The Morgan fingerprint density at radius 2 is 1.91 bits per heavy atom. The van der Waals surface area contributed by atoms with E-state index in [4.69, 9.17) is 11.6 Å². The number of hydrogen-bond donors (Lipinski definition) is 3. The first-order chi connectivity index (χ1) is 15.8. The van der Waals surface area contributed by atoms with Crippen LogP contribution in [0.4, 0.5) is 10.5 Å². The van der Waals surface area contributed by atoms with Crippen LogP contribution in [0.25, 0.3) is 11.0 Å². The maximum Gasteiger partial charge on any atom is 0.329 e. The van der Waals surface area contributed by atoms with Crippen molar-refractivity contribution in [2.24, 2.45) is 0 Å². The first-order valence-corrected chi connectivity index (χ1v) is 11.1. The number of carbonyl (C=O) groups excluding carboxylic acids is 3. The molecule has 1 unspecified atom stereocenters. The standard InChI is InChI=1S/C23H24ClN5O4/c1-14-9-10-15(13-16(14)24)26-22(32)25-11-12-28-17-5-2-3-6-18(17)29(23(28)33)19-7-4-8-20(30)27-21(19)31/h2-3,5-6,9-10,13,19H,4,7-8,11-12H2,1H3,(H2,25,26,32)(H,27,30,31). The molecule has 10 heteroatoms. The summed E-state index contributed by atoms with van der Waals surface area (Å²) in [6, 6.07) is 11.2. The molecule has 4 amide bonds. The van der Waals surface area contributed by atoms with Gasteiger partial charge in [0.2, 0.25) is 11.8 Å². The highest BCUT2D eigenvalue weighted by Gasteiger charge is 2.29. The third-order valence-corrected chi connectivity index (χ3v) is 6.09. The van der Waals surface area contributed by atoms with Crippen LogP contribution >= 0.6 is 11.6 Å². The summed E-state index contributed by atoms with van der Waals surface area (Å²) in [5.41, 5.74) is 2.36. The number of benzene rings is 2. The second kappa shape index (κ2) is 9.50. The fraction of sp³-hybridized carbons (Fsp3) is 0.304. The molecule has 1 saturated heterocycles. The van der Waals surface area contributed by atoms with Gasteiger partial charge in [0.1, 0.15) is 6.04 Å². The molecule has 33 heavy (non-hydrogen) atoms. The zero-order chi connectivity index (χ0) is 23.5. The Morgan fingerprint density at radius 3 is 2.67 bits per heavy atom. The second-order valence-corrected chi connectivity index (χ2v) is 8.37. The lowest BCUT2D eigenvalue weighted by Crippen LogP contribution is -2.39. The number of aromatic nitrogens is 2. The van der Waals surface area contributed by atoms with Crippen LogP contribution < -0.4 is 21.6 Å². The van der Waals surface area contributed by atoms with Gasteiger partial charge in [0, 0.05) is 30.2 Å². The number of hydrogen-bond acceptors (Lipinski definition) is 4. The van der Waals surface area contributed by atoms with Crippen LogP contribution in [-0.2, 0) is 16.1 Å². The number of halogens is 1. The summed E-state index contributed by atoms with van der Waals surface area (Å²) >= 11 is 6.09. The Labute approximate surface area is 194 Å². The number of imide groups is 1. The smallest absolute Gasteiger partial charge is 0.329 e. The molecule has 2 aromatic carbocycles. The molecule has 1 atom stereocenters. The van der Waals surface area contributed by atoms with Crippen molar-refractivity contribution in [3.63, 3.8) is 0 Å². The molecule has 0 saturated carbocycles. The molecule has 3 aromatic rings. The minimum absolute atomic E-state index is 0.189. The summed E-state index contributed by atoms with van der Waals surface area (Å²) in [5.74, 6) is -0.805. The quantitative estimate of drug-likeness (QED) is 0.498. The van der Waals surface area contributed by atoms with E-state index in [2.05, 4.69) is 16.0 Å². The number of nitrogens with zero attached hydrogens (tertiary/aromatic N) is 2. The maximum absolute atomic E-state index is 13.3. The number of rotatable bonds is 5. The van der Waals surface area contributed by atoms with Crippen LogP contribution in [0, 0.1) is 6.92 Å². The fourth-order valence-electron chi connectivity index (χ4n) is 3.99. The highest BCUT2D eigenvalue weighted by molar-refractivity contribution is 6.31. The maximum atomic E-state index is 13.3. The van der Waals surface area contributed by atoms with Crippen molar-refractivity contribution in [2.75, 3.05) is 11.9 Å². The average molecular weight is 470 g/mol. The third-order valence-electron chi connectivity index (χ3n) is 5.68. The van der Waals surface area contributed by atoms with Gasteiger partial charge in [-0.05, 0) is 49.6 Å². The molecule has 0 radical (unpaired) electrons. The summed E-state index contributed by atoms with van der Waals surface area (Å²) in [6.45, 7) is 2.27. The van der Waals surface area contributed by atoms with Crippen molar-refractivity contribution in [1.29, 1.82) is 0 Å². The molecule has 4 rings (SSSR count). The Kier molecular flexibility index (Phi) is 6.50. The lowest BCUT2D eigenvalue weighted by molar-refractivity contribution is -0.131.